The quantitative estimate of drug-likeness (QED) is 0.869. The summed E-state index contributed by atoms with van der Waals surface area (Å²) in [6, 6.07) is 7.39. The number of hydrogen-bond acceptors (Lipinski definition) is 4. The highest BCUT2D eigenvalue weighted by atomic mass is 79.9. The van der Waals surface area contributed by atoms with Crippen LogP contribution >= 0.6 is 15.9 Å². The topological polar surface area (TPSA) is 76.5 Å². The molecule has 0 unspecified atom stereocenters. The number of rotatable bonds is 5. The minimum Gasteiger partial charge on any atom is -0.452 e. The molecule has 0 saturated heterocycles. The molecule has 0 radical (unpaired) electrons. The number of benzene rings is 1. The van der Waals surface area contributed by atoms with E-state index >= 15 is 0 Å². The van der Waals surface area contributed by atoms with Gasteiger partial charge in [0.2, 0.25) is 10.0 Å². The molecule has 0 bridgehead atoms. The van der Waals surface area contributed by atoms with Gasteiger partial charge in [0.25, 0.3) is 0 Å². The molecule has 0 aliphatic rings. The van der Waals surface area contributed by atoms with Crippen LogP contribution in [-0.2, 0) is 23.1 Å². The van der Waals surface area contributed by atoms with E-state index in [9.17, 15) is 12.8 Å². The molecule has 8 heteroatoms. The van der Waals surface area contributed by atoms with E-state index in [1.165, 1.54) is 25.2 Å². The Labute approximate surface area is 130 Å². The van der Waals surface area contributed by atoms with Gasteiger partial charge in [-0.1, -0.05) is 18.2 Å². The molecule has 1 heterocycles. The van der Waals surface area contributed by atoms with E-state index in [1.807, 2.05) is 0 Å². The van der Waals surface area contributed by atoms with Crippen molar-refractivity contribution in [2.75, 3.05) is 7.05 Å². The van der Waals surface area contributed by atoms with Crippen LogP contribution < -0.4 is 5.73 Å². The Balaban J connectivity index is 2.30. The molecule has 0 aliphatic carbocycles. The van der Waals surface area contributed by atoms with Gasteiger partial charge in [0.05, 0.1) is 6.54 Å². The first-order chi connectivity index (χ1) is 9.86. The first-order valence-corrected chi connectivity index (χ1v) is 8.27. The third kappa shape index (κ3) is 3.34. The number of sulfonamides is 1. The van der Waals surface area contributed by atoms with Gasteiger partial charge in [0, 0.05) is 25.2 Å². The van der Waals surface area contributed by atoms with E-state index in [1.54, 1.807) is 12.1 Å². The van der Waals surface area contributed by atoms with E-state index in [0.717, 1.165) is 4.31 Å². The summed E-state index contributed by atoms with van der Waals surface area (Å²) in [6.45, 7) is 0.00966. The highest BCUT2D eigenvalue weighted by molar-refractivity contribution is 9.10. The molecule has 2 N–H and O–H groups in total. The number of halogens is 2. The molecule has 0 atom stereocenters. The van der Waals surface area contributed by atoms with Crippen LogP contribution in [0.4, 0.5) is 4.39 Å². The maximum absolute atomic E-state index is 13.6. The molecule has 0 fully saturated rings. The smallest absolute Gasteiger partial charge is 0.247 e. The monoisotopic (exact) mass is 376 g/mol. The van der Waals surface area contributed by atoms with Crippen molar-refractivity contribution in [3.8, 4) is 0 Å². The first kappa shape index (κ1) is 16.2. The molecule has 2 aromatic rings. The third-order valence-corrected chi connectivity index (χ3v) is 5.61. The molecule has 1 aromatic carbocycles. The van der Waals surface area contributed by atoms with Crippen LogP contribution in [0.5, 0.6) is 0 Å². The Morgan fingerprint density at radius 3 is 2.62 bits per heavy atom. The van der Waals surface area contributed by atoms with E-state index in [0.29, 0.717) is 11.3 Å². The molecule has 5 nitrogen and oxygen atoms in total. The predicted octanol–water partition coefficient (Wildman–Crippen LogP) is 2.46. The largest absolute Gasteiger partial charge is 0.452 e. The van der Waals surface area contributed by atoms with E-state index in [-0.39, 0.29) is 22.7 Å². The number of furan rings is 1. The summed E-state index contributed by atoms with van der Waals surface area (Å²) in [6.07, 6.45) is 0. The van der Waals surface area contributed by atoms with Crippen LogP contribution in [-0.4, -0.2) is 19.8 Å². The van der Waals surface area contributed by atoms with Crippen LogP contribution in [0.2, 0.25) is 0 Å². The second-order valence-corrected chi connectivity index (χ2v) is 7.14. The predicted molar refractivity (Wildman–Crippen MR) is 79.4 cm³/mol. The highest BCUT2D eigenvalue weighted by Crippen LogP contribution is 2.29. The Kier molecular flexibility index (Phi) is 4.82. The summed E-state index contributed by atoms with van der Waals surface area (Å²) in [5.74, 6) is -0.104. The molecule has 0 spiro atoms. The van der Waals surface area contributed by atoms with Crippen molar-refractivity contribution in [3.05, 3.63) is 52.1 Å². The Morgan fingerprint density at radius 2 is 2.05 bits per heavy atom. The van der Waals surface area contributed by atoms with Crippen molar-refractivity contribution in [1.82, 2.24) is 4.31 Å². The van der Waals surface area contributed by atoms with Crippen molar-refractivity contribution in [2.45, 2.75) is 18.0 Å². The van der Waals surface area contributed by atoms with Crippen molar-refractivity contribution in [1.29, 1.82) is 0 Å². The van der Waals surface area contributed by atoms with Crippen molar-refractivity contribution < 1.29 is 17.2 Å². The maximum Gasteiger partial charge on any atom is 0.247 e. The number of nitrogens with two attached hydrogens (primary N) is 1. The number of hydrogen-bond donors (Lipinski definition) is 1. The summed E-state index contributed by atoms with van der Waals surface area (Å²) in [5, 5.41) is 0. The molecule has 0 saturated carbocycles. The lowest BCUT2D eigenvalue weighted by atomic mass is 10.2. The van der Waals surface area contributed by atoms with Gasteiger partial charge in [-0.2, -0.15) is 4.31 Å². The fourth-order valence-corrected chi connectivity index (χ4v) is 3.90. The first-order valence-electron chi connectivity index (χ1n) is 6.04. The standard InChI is InChI=1S/C13H14BrFN2O3S/c1-17(8-9-4-2-3-5-11(9)15)21(18,19)12-6-10(7-16)20-13(12)14/h2-6H,7-8,16H2,1H3. The zero-order valence-electron chi connectivity index (χ0n) is 11.2. The van der Waals surface area contributed by atoms with E-state index in [2.05, 4.69) is 15.9 Å². The fraction of sp³-hybridized carbons (Fsp3) is 0.231. The van der Waals surface area contributed by atoms with Crippen molar-refractivity contribution >= 4 is 26.0 Å². The minimum atomic E-state index is -3.80. The minimum absolute atomic E-state index is 0.0261. The Bertz CT molecular complexity index is 746. The molecule has 1 aromatic heterocycles. The lowest BCUT2D eigenvalue weighted by Gasteiger charge is -2.16. The van der Waals surface area contributed by atoms with Gasteiger partial charge in [0.1, 0.15) is 16.5 Å². The summed E-state index contributed by atoms with van der Waals surface area (Å²) in [7, 11) is -2.43. The van der Waals surface area contributed by atoms with Gasteiger partial charge in [-0.05, 0) is 22.0 Å². The van der Waals surface area contributed by atoms with Crippen LogP contribution in [0.1, 0.15) is 11.3 Å². The normalized spacial score (nSPS) is 12.0. The van der Waals surface area contributed by atoms with Gasteiger partial charge in [-0.3, -0.25) is 0 Å². The lowest BCUT2D eigenvalue weighted by molar-refractivity contribution is 0.450. The van der Waals surface area contributed by atoms with Crippen LogP contribution in [0.3, 0.4) is 0 Å². The average molecular weight is 377 g/mol. The maximum atomic E-state index is 13.6. The summed E-state index contributed by atoms with van der Waals surface area (Å²) < 4.78 is 44.9. The van der Waals surface area contributed by atoms with Crippen molar-refractivity contribution in [2.24, 2.45) is 5.73 Å². The summed E-state index contributed by atoms with van der Waals surface area (Å²) in [5.41, 5.74) is 5.72. The van der Waals surface area contributed by atoms with Gasteiger partial charge in [-0.15, -0.1) is 0 Å². The van der Waals surface area contributed by atoms with Gasteiger partial charge in [-0.25, -0.2) is 12.8 Å². The van der Waals surface area contributed by atoms with Crippen LogP contribution in [0.25, 0.3) is 0 Å². The summed E-state index contributed by atoms with van der Waals surface area (Å²) >= 11 is 3.06. The van der Waals surface area contributed by atoms with Crippen molar-refractivity contribution in [3.63, 3.8) is 0 Å². The van der Waals surface area contributed by atoms with Gasteiger partial charge < -0.3 is 10.2 Å². The molecular formula is C13H14BrFN2O3S. The second-order valence-electron chi connectivity index (χ2n) is 4.41. The van der Waals surface area contributed by atoms with Crippen LogP contribution in [0.15, 0.2) is 44.3 Å². The number of nitrogens with zero attached hydrogens (tertiary/aromatic N) is 1. The molecule has 114 valence electrons. The van der Waals surface area contributed by atoms with Crippen LogP contribution in [0, 0.1) is 5.82 Å². The zero-order valence-corrected chi connectivity index (χ0v) is 13.6. The lowest BCUT2D eigenvalue weighted by Crippen LogP contribution is -2.26. The fourth-order valence-electron chi connectivity index (χ4n) is 1.79. The van der Waals surface area contributed by atoms with E-state index < -0.39 is 15.8 Å². The third-order valence-electron chi connectivity index (χ3n) is 2.95. The Hall–Kier alpha value is -1.22. The molecule has 0 amide bonds. The summed E-state index contributed by atoms with van der Waals surface area (Å²) in [4.78, 5) is -0.0261. The molecular weight excluding hydrogens is 363 g/mol. The molecule has 2 rings (SSSR count). The average Bonchev–Trinajstić information content (AvgIpc) is 2.83. The zero-order chi connectivity index (χ0) is 15.6. The molecule has 0 aliphatic heterocycles. The second kappa shape index (κ2) is 6.27. The van der Waals surface area contributed by atoms with Gasteiger partial charge >= 0.3 is 0 Å². The van der Waals surface area contributed by atoms with E-state index in [4.69, 9.17) is 10.2 Å². The SMILES string of the molecule is CN(Cc1ccccc1F)S(=O)(=O)c1cc(CN)oc1Br. The highest BCUT2D eigenvalue weighted by Gasteiger charge is 2.27. The Morgan fingerprint density at radius 1 is 1.38 bits per heavy atom. The van der Waals surface area contributed by atoms with Gasteiger partial charge in [0.15, 0.2) is 4.67 Å². The molecule has 21 heavy (non-hydrogen) atoms.